The molecule has 0 saturated carbocycles. The quantitative estimate of drug-likeness (QED) is 0.756. The normalized spacial score (nSPS) is 16.1. The molecule has 2 aromatic rings. The van der Waals surface area contributed by atoms with E-state index in [1.165, 1.54) is 0 Å². The molecular weight excluding hydrogens is 306 g/mol. The zero-order valence-corrected chi connectivity index (χ0v) is 11.6. The van der Waals surface area contributed by atoms with E-state index in [1.807, 2.05) is 30.3 Å². The highest BCUT2D eigenvalue weighted by Gasteiger charge is 2.23. The third kappa shape index (κ3) is 2.44. The van der Waals surface area contributed by atoms with Crippen LogP contribution in [0.15, 0.2) is 52.6 Å². The lowest BCUT2D eigenvalue weighted by molar-refractivity contribution is 0.100. The van der Waals surface area contributed by atoms with E-state index < -0.39 is 0 Å². The highest BCUT2D eigenvalue weighted by atomic mass is 79.9. The summed E-state index contributed by atoms with van der Waals surface area (Å²) in [6.07, 6.45) is 3.47. The maximum atomic E-state index is 12.3. The van der Waals surface area contributed by atoms with Gasteiger partial charge in [0.05, 0.1) is 11.3 Å². The van der Waals surface area contributed by atoms with Gasteiger partial charge in [0.1, 0.15) is 12.4 Å². The van der Waals surface area contributed by atoms with Gasteiger partial charge in [-0.15, -0.1) is 0 Å². The molecule has 0 fully saturated rings. The topological polar surface area (TPSA) is 39.2 Å². The highest BCUT2D eigenvalue weighted by molar-refractivity contribution is 9.10. The van der Waals surface area contributed by atoms with E-state index in [2.05, 4.69) is 20.9 Å². The summed E-state index contributed by atoms with van der Waals surface area (Å²) in [5.41, 5.74) is 1.97. The molecule has 94 valence electrons. The Labute approximate surface area is 119 Å². The van der Waals surface area contributed by atoms with Crippen LogP contribution in [0, 0.1) is 0 Å². The minimum Gasteiger partial charge on any atom is -0.488 e. The van der Waals surface area contributed by atoms with Crippen molar-refractivity contribution in [2.75, 3.05) is 6.61 Å². The standard InChI is InChI=1S/C15H10BrNO2/c16-11-4-5-13-14(8-11)19-9-10(15(13)18)7-12-3-1-2-6-17-12/h1-8H,9H2/b10-7+. The van der Waals surface area contributed by atoms with E-state index in [0.29, 0.717) is 16.9 Å². The molecule has 1 aromatic carbocycles. The second-order valence-corrected chi connectivity index (χ2v) is 5.10. The maximum Gasteiger partial charge on any atom is 0.196 e. The average Bonchev–Trinajstić information content (AvgIpc) is 2.43. The summed E-state index contributed by atoms with van der Waals surface area (Å²) < 4.78 is 6.51. The first-order valence-electron chi connectivity index (χ1n) is 5.83. The van der Waals surface area contributed by atoms with Crippen LogP contribution in [-0.4, -0.2) is 17.4 Å². The van der Waals surface area contributed by atoms with Crippen molar-refractivity contribution in [1.82, 2.24) is 4.98 Å². The molecule has 0 radical (unpaired) electrons. The van der Waals surface area contributed by atoms with Crippen molar-refractivity contribution >= 4 is 27.8 Å². The number of ether oxygens (including phenoxy) is 1. The molecule has 4 heteroatoms. The predicted octanol–water partition coefficient (Wildman–Crippen LogP) is 3.50. The van der Waals surface area contributed by atoms with E-state index in [9.17, 15) is 4.79 Å². The Bertz CT molecular complexity index is 665. The lowest BCUT2D eigenvalue weighted by Crippen LogP contribution is -2.19. The Morgan fingerprint density at radius 2 is 2.16 bits per heavy atom. The fraction of sp³-hybridized carbons (Fsp3) is 0.0667. The van der Waals surface area contributed by atoms with Gasteiger partial charge in [-0.3, -0.25) is 9.78 Å². The first kappa shape index (κ1) is 12.1. The van der Waals surface area contributed by atoms with Gasteiger partial charge in [0.2, 0.25) is 0 Å². The van der Waals surface area contributed by atoms with Crippen molar-refractivity contribution < 1.29 is 9.53 Å². The molecule has 0 N–H and O–H groups in total. The molecule has 0 bridgehead atoms. The van der Waals surface area contributed by atoms with Gasteiger partial charge in [-0.05, 0) is 36.4 Å². The van der Waals surface area contributed by atoms with Gasteiger partial charge in [-0.2, -0.15) is 0 Å². The molecule has 0 amide bonds. The Morgan fingerprint density at radius 1 is 1.26 bits per heavy atom. The first-order valence-corrected chi connectivity index (χ1v) is 6.62. The number of pyridine rings is 1. The Kier molecular flexibility index (Phi) is 3.17. The summed E-state index contributed by atoms with van der Waals surface area (Å²) >= 11 is 3.36. The van der Waals surface area contributed by atoms with Crippen LogP contribution in [0.25, 0.3) is 6.08 Å². The van der Waals surface area contributed by atoms with Crippen LogP contribution in [0.5, 0.6) is 5.75 Å². The summed E-state index contributed by atoms with van der Waals surface area (Å²) in [6, 6.07) is 11.0. The van der Waals surface area contributed by atoms with E-state index >= 15 is 0 Å². The second kappa shape index (κ2) is 4.97. The van der Waals surface area contributed by atoms with Crippen molar-refractivity contribution in [2.24, 2.45) is 0 Å². The Balaban J connectivity index is 1.98. The number of hydrogen-bond acceptors (Lipinski definition) is 3. The van der Waals surface area contributed by atoms with Crippen LogP contribution in [0.1, 0.15) is 16.1 Å². The predicted molar refractivity (Wildman–Crippen MR) is 76.2 cm³/mol. The van der Waals surface area contributed by atoms with Gasteiger partial charge in [0.25, 0.3) is 0 Å². The van der Waals surface area contributed by atoms with Crippen molar-refractivity contribution in [1.29, 1.82) is 0 Å². The molecule has 3 nitrogen and oxygen atoms in total. The number of halogens is 1. The average molecular weight is 316 g/mol. The molecule has 2 heterocycles. The number of benzene rings is 1. The van der Waals surface area contributed by atoms with Crippen LogP contribution < -0.4 is 4.74 Å². The third-order valence-electron chi connectivity index (χ3n) is 2.87. The van der Waals surface area contributed by atoms with Crippen LogP contribution in [-0.2, 0) is 0 Å². The van der Waals surface area contributed by atoms with Crippen molar-refractivity contribution in [3.05, 3.63) is 63.9 Å². The summed E-state index contributed by atoms with van der Waals surface area (Å²) in [7, 11) is 0. The molecule has 1 aromatic heterocycles. The molecule has 0 aliphatic carbocycles. The van der Waals surface area contributed by atoms with Gasteiger partial charge in [0.15, 0.2) is 5.78 Å². The van der Waals surface area contributed by atoms with E-state index in [0.717, 1.165) is 10.2 Å². The van der Waals surface area contributed by atoms with Gasteiger partial charge in [0, 0.05) is 16.2 Å². The highest BCUT2D eigenvalue weighted by Crippen LogP contribution is 2.30. The van der Waals surface area contributed by atoms with Crippen LogP contribution >= 0.6 is 15.9 Å². The fourth-order valence-corrected chi connectivity index (χ4v) is 2.28. The fourth-order valence-electron chi connectivity index (χ4n) is 1.94. The van der Waals surface area contributed by atoms with Crippen molar-refractivity contribution in [2.45, 2.75) is 0 Å². The van der Waals surface area contributed by atoms with Crippen LogP contribution in [0.2, 0.25) is 0 Å². The maximum absolute atomic E-state index is 12.3. The SMILES string of the molecule is O=C1/C(=C/c2ccccn2)COc2cc(Br)ccc21. The summed E-state index contributed by atoms with van der Waals surface area (Å²) in [4.78, 5) is 16.5. The van der Waals surface area contributed by atoms with E-state index in [4.69, 9.17) is 4.74 Å². The number of carbonyl (C=O) groups is 1. The zero-order valence-electron chi connectivity index (χ0n) is 9.97. The number of aromatic nitrogens is 1. The Morgan fingerprint density at radius 3 is 2.95 bits per heavy atom. The number of ketones is 1. The number of Topliss-reactive ketones (excluding diaryl/α,β-unsaturated/α-hetero) is 1. The summed E-state index contributed by atoms with van der Waals surface area (Å²) in [6.45, 7) is 0.277. The molecule has 0 spiro atoms. The van der Waals surface area contributed by atoms with E-state index in [-0.39, 0.29) is 12.4 Å². The van der Waals surface area contributed by atoms with Crippen molar-refractivity contribution in [3.8, 4) is 5.75 Å². The number of nitrogens with zero attached hydrogens (tertiary/aromatic N) is 1. The molecule has 1 aliphatic rings. The number of rotatable bonds is 1. The lowest BCUT2D eigenvalue weighted by Gasteiger charge is -2.18. The summed E-state index contributed by atoms with van der Waals surface area (Å²) in [5, 5.41) is 0. The lowest BCUT2D eigenvalue weighted by atomic mass is 9.99. The number of fused-ring (bicyclic) bond motifs is 1. The summed E-state index contributed by atoms with van der Waals surface area (Å²) in [5.74, 6) is 0.622. The minimum absolute atomic E-state index is 0.000553. The van der Waals surface area contributed by atoms with E-state index in [1.54, 1.807) is 18.3 Å². The first-order chi connectivity index (χ1) is 9.24. The molecule has 0 unspecified atom stereocenters. The van der Waals surface area contributed by atoms with Crippen LogP contribution in [0.4, 0.5) is 0 Å². The van der Waals surface area contributed by atoms with Gasteiger partial charge in [-0.25, -0.2) is 0 Å². The molecule has 3 rings (SSSR count). The minimum atomic E-state index is -0.000553. The zero-order chi connectivity index (χ0) is 13.2. The molecule has 1 aliphatic heterocycles. The van der Waals surface area contributed by atoms with Gasteiger partial charge in [-0.1, -0.05) is 22.0 Å². The Hall–Kier alpha value is -1.94. The number of hydrogen-bond donors (Lipinski definition) is 0. The monoisotopic (exact) mass is 315 g/mol. The largest absolute Gasteiger partial charge is 0.488 e. The van der Waals surface area contributed by atoms with Crippen molar-refractivity contribution in [3.63, 3.8) is 0 Å². The third-order valence-corrected chi connectivity index (χ3v) is 3.37. The molecule has 19 heavy (non-hydrogen) atoms. The molecule has 0 atom stereocenters. The molecular formula is C15H10BrNO2. The number of carbonyl (C=O) groups excluding carboxylic acids is 1. The molecule has 0 saturated heterocycles. The van der Waals surface area contributed by atoms with Gasteiger partial charge < -0.3 is 4.74 Å². The van der Waals surface area contributed by atoms with Crippen LogP contribution in [0.3, 0.4) is 0 Å². The smallest absolute Gasteiger partial charge is 0.196 e. The second-order valence-electron chi connectivity index (χ2n) is 4.18. The van der Waals surface area contributed by atoms with Gasteiger partial charge >= 0.3 is 0 Å².